The number of aromatic nitrogens is 2. The number of H-pyrrole nitrogens is 1. The molecule has 0 unspecified atom stereocenters. The molecule has 0 spiro atoms. The van der Waals surface area contributed by atoms with Crippen LogP contribution in [0.2, 0.25) is 0 Å². The second-order valence-electron chi connectivity index (χ2n) is 6.30. The van der Waals surface area contributed by atoms with E-state index < -0.39 is 0 Å². The highest BCUT2D eigenvalue weighted by Gasteiger charge is 2.14. The summed E-state index contributed by atoms with van der Waals surface area (Å²) in [5, 5.41) is 2.11. The van der Waals surface area contributed by atoms with Crippen molar-refractivity contribution in [2.75, 3.05) is 0 Å². The average Bonchev–Trinajstić information content (AvgIpc) is 3.24. The average molecular weight is 348 g/mol. The molecular formula is C21H20N2OS. The van der Waals surface area contributed by atoms with Gasteiger partial charge in [-0.05, 0) is 47.5 Å². The smallest absolute Gasteiger partial charge is 0.272 e. The first kappa shape index (κ1) is 15.9. The number of benzene rings is 1. The summed E-state index contributed by atoms with van der Waals surface area (Å²) < 4.78 is 2.07. The zero-order valence-corrected chi connectivity index (χ0v) is 15.2. The molecule has 25 heavy (non-hydrogen) atoms. The number of fused-ring (bicyclic) bond motifs is 1. The lowest BCUT2D eigenvalue weighted by Crippen LogP contribution is -2.11. The van der Waals surface area contributed by atoms with E-state index >= 15 is 0 Å². The van der Waals surface area contributed by atoms with Crippen molar-refractivity contribution in [3.63, 3.8) is 0 Å². The maximum absolute atomic E-state index is 12.3. The summed E-state index contributed by atoms with van der Waals surface area (Å²) in [4.78, 5) is 16.5. The largest absolute Gasteiger partial charge is 0.323 e. The molecule has 0 aliphatic heterocycles. The van der Waals surface area contributed by atoms with Gasteiger partial charge in [0.05, 0.1) is 0 Å². The van der Waals surface area contributed by atoms with E-state index in [1.807, 2.05) is 19.2 Å². The van der Waals surface area contributed by atoms with Gasteiger partial charge in [0.2, 0.25) is 0 Å². The zero-order chi connectivity index (χ0) is 17.4. The molecule has 4 heteroatoms. The van der Waals surface area contributed by atoms with Crippen LogP contribution in [0.15, 0.2) is 58.8 Å². The van der Waals surface area contributed by atoms with Gasteiger partial charge in [-0.25, -0.2) is 0 Å². The van der Waals surface area contributed by atoms with Crippen molar-refractivity contribution in [3.8, 4) is 10.4 Å². The summed E-state index contributed by atoms with van der Waals surface area (Å²) in [6.45, 7) is 4.07. The molecule has 0 fully saturated rings. The third kappa shape index (κ3) is 2.83. The summed E-state index contributed by atoms with van der Waals surface area (Å²) in [7, 11) is 0. The Labute approximate surface area is 150 Å². The van der Waals surface area contributed by atoms with Gasteiger partial charge in [0.25, 0.3) is 5.56 Å². The topological polar surface area (TPSA) is 37.3 Å². The fourth-order valence-corrected chi connectivity index (χ4v) is 4.23. The molecule has 0 aliphatic rings. The molecule has 0 radical (unpaired) electrons. The van der Waals surface area contributed by atoms with Gasteiger partial charge in [-0.1, -0.05) is 37.3 Å². The fraction of sp³-hybridized carbons (Fsp3) is 0.190. The maximum atomic E-state index is 12.3. The zero-order valence-electron chi connectivity index (χ0n) is 14.4. The van der Waals surface area contributed by atoms with Crippen LogP contribution in [0.5, 0.6) is 0 Å². The Morgan fingerprint density at radius 2 is 1.96 bits per heavy atom. The number of hydrogen-bond donors (Lipinski definition) is 1. The second-order valence-corrected chi connectivity index (χ2v) is 7.25. The lowest BCUT2D eigenvalue weighted by Gasteiger charge is -2.11. The van der Waals surface area contributed by atoms with E-state index in [1.165, 1.54) is 27.3 Å². The molecule has 0 amide bonds. The van der Waals surface area contributed by atoms with Crippen LogP contribution in [0.4, 0.5) is 0 Å². The van der Waals surface area contributed by atoms with Crippen molar-refractivity contribution in [2.45, 2.75) is 26.7 Å². The van der Waals surface area contributed by atoms with Crippen LogP contribution in [0, 0.1) is 6.92 Å². The first-order chi connectivity index (χ1) is 12.2. The van der Waals surface area contributed by atoms with E-state index in [-0.39, 0.29) is 5.56 Å². The lowest BCUT2D eigenvalue weighted by atomic mass is 9.99. The number of nitrogens with one attached hydrogen (secondary N) is 1. The van der Waals surface area contributed by atoms with E-state index in [4.69, 9.17) is 0 Å². The second kappa shape index (κ2) is 6.37. The summed E-state index contributed by atoms with van der Waals surface area (Å²) in [5.74, 6) is 0. The van der Waals surface area contributed by atoms with Crippen molar-refractivity contribution in [1.82, 2.24) is 9.38 Å². The Morgan fingerprint density at radius 3 is 2.72 bits per heavy atom. The maximum Gasteiger partial charge on any atom is 0.272 e. The van der Waals surface area contributed by atoms with Crippen LogP contribution in [-0.4, -0.2) is 9.38 Å². The van der Waals surface area contributed by atoms with Gasteiger partial charge in [0.15, 0.2) is 0 Å². The van der Waals surface area contributed by atoms with Crippen LogP contribution >= 0.6 is 11.3 Å². The van der Waals surface area contributed by atoms with Crippen molar-refractivity contribution in [2.24, 2.45) is 0 Å². The molecular weight excluding hydrogens is 328 g/mol. The molecule has 3 aromatic heterocycles. The Morgan fingerprint density at radius 1 is 1.12 bits per heavy atom. The summed E-state index contributed by atoms with van der Waals surface area (Å²) in [6, 6.07) is 14.8. The van der Waals surface area contributed by atoms with Gasteiger partial charge in [-0.15, -0.1) is 11.3 Å². The number of nitrogens with zero attached hydrogens (tertiary/aromatic N) is 1. The van der Waals surface area contributed by atoms with E-state index in [0.29, 0.717) is 0 Å². The van der Waals surface area contributed by atoms with Crippen molar-refractivity contribution < 1.29 is 0 Å². The van der Waals surface area contributed by atoms with E-state index in [1.54, 1.807) is 11.3 Å². The Kier molecular flexibility index (Phi) is 4.06. The normalized spacial score (nSPS) is 11.3. The van der Waals surface area contributed by atoms with E-state index in [9.17, 15) is 4.79 Å². The molecule has 0 atom stereocenters. The standard InChI is InChI=1S/C21H20N2OS/c1-3-15-11-19-21(24)22-14(2)13-23(19)18(15)12-16-7-4-5-8-17(16)20-9-6-10-25-20/h4-11,13H,3,12H2,1-2H3,(H,22,24). The number of hydrogen-bond acceptors (Lipinski definition) is 2. The van der Waals surface area contributed by atoms with Crippen molar-refractivity contribution in [3.05, 3.63) is 86.9 Å². The molecule has 3 heterocycles. The highest BCUT2D eigenvalue weighted by atomic mass is 32.1. The first-order valence-electron chi connectivity index (χ1n) is 8.52. The summed E-state index contributed by atoms with van der Waals surface area (Å²) >= 11 is 1.76. The van der Waals surface area contributed by atoms with Crippen molar-refractivity contribution in [1.29, 1.82) is 0 Å². The number of rotatable bonds is 4. The molecule has 4 rings (SSSR count). The minimum absolute atomic E-state index is 0.0208. The molecule has 0 bridgehead atoms. The number of aromatic amines is 1. The van der Waals surface area contributed by atoms with Crippen LogP contribution in [0.3, 0.4) is 0 Å². The molecule has 0 saturated carbocycles. The predicted octanol–water partition coefficient (Wildman–Crippen LogP) is 4.82. The van der Waals surface area contributed by atoms with Gasteiger partial charge in [-0.2, -0.15) is 0 Å². The molecule has 126 valence electrons. The van der Waals surface area contributed by atoms with Crippen LogP contribution in [0.1, 0.15) is 29.4 Å². The minimum atomic E-state index is -0.0208. The number of thiophene rings is 1. The minimum Gasteiger partial charge on any atom is -0.323 e. The molecule has 3 nitrogen and oxygen atoms in total. The van der Waals surface area contributed by atoms with Crippen molar-refractivity contribution >= 4 is 16.9 Å². The molecule has 0 saturated heterocycles. The monoisotopic (exact) mass is 348 g/mol. The van der Waals surface area contributed by atoms with Crippen LogP contribution in [-0.2, 0) is 12.8 Å². The Bertz CT molecular complexity index is 1090. The van der Waals surface area contributed by atoms with E-state index in [2.05, 4.69) is 58.1 Å². The van der Waals surface area contributed by atoms with Gasteiger partial charge in [0, 0.05) is 28.9 Å². The highest BCUT2D eigenvalue weighted by molar-refractivity contribution is 7.13. The highest BCUT2D eigenvalue weighted by Crippen LogP contribution is 2.30. The summed E-state index contributed by atoms with van der Waals surface area (Å²) in [6.07, 6.45) is 3.75. The Hall–Kier alpha value is -2.59. The SMILES string of the molecule is CCc1cc2c(=O)[nH]c(C)cn2c1Cc1ccccc1-c1cccs1. The first-order valence-corrected chi connectivity index (χ1v) is 9.40. The molecule has 4 aromatic rings. The van der Waals surface area contributed by atoms with Gasteiger partial charge >= 0.3 is 0 Å². The lowest BCUT2D eigenvalue weighted by molar-refractivity contribution is 0.949. The van der Waals surface area contributed by atoms with E-state index in [0.717, 1.165) is 24.1 Å². The molecule has 1 aromatic carbocycles. The quantitative estimate of drug-likeness (QED) is 0.564. The van der Waals surface area contributed by atoms with Crippen LogP contribution in [0.25, 0.3) is 16.0 Å². The van der Waals surface area contributed by atoms with Gasteiger partial charge in [0.1, 0.15) is 5.52 Å². The summed E-state index contributed by atoms with van der Waals surface area (Å²) in [5.41, 5.74) is 6.59. The molecule has 0 aliphatic carbocycles. The van der Waals surface area contributed by atoms with Gasteiger partial charge < -0.3 is 9.38 Å². The number of aryl methyl sites for hydroxylation is 2. The predicted molar refractivity (Wildman–Crippen MR) is 105 cm³/mol. The third-order valence-electron chi connectivity index (χ3n) is 4.64. The Balaban J connectivity index is 1.89. The van der Waals surface area contributed by atoms with Gasteiger partial charge in [-0.3, -0.25) is 4.79 Å². The fourth-order valence-electron chi connectivity index (χ4n) is 3.44. The van der Waals surface area contributed by atoms with Crippen LogP contribution < -0.4 is 5.56 Å². The third-order valence-corrected chi connectivity index (χ3v) is 5.54. The molecule has 1 N–H and O–H groups in total.